The van der Waals surface area contributed by atoms with Crippen LogP contribution in [0.25, 0.3) is 0 Å². The maximum Gasteiger partial charge on any atom is 0.338 e. The molecule has 268 valence electrons. The molecule has 0 radical (unpaired) electrons. The average molecular weight is 752 g/mol. The van der Waals surface area contributed by atoms with E-state index in [-0.39, 0.29) is 39.0 Å². The summed E-state index contributed by atoms with van der Waals surface area (Å²) < 4.78 is 26.5. The van der Waals surface area contributed by atoms with E-state index in [1.807, 2.05) is 0 Å². The minimum absolute atomic E-state index is 0.194. The number of Topliss-reactive ketones (excluding diaryl/α,β-unsaturated/α-hetero) is 1. The van der Waals surface area contributed by atoms with Crippen LogP contribution in [0.5, 0.6) is 5.75 Å². The minimum Gasteiger partial charge on any atom is -0.494 e. The van der Waals surface area contributed by atoms with Gasteiger partial charge < -0.3 is 14.8 Å². The topological polar surface area (TPSA) is 171 Å². The van der Waals surface area contributed by atoms with Crippen LogP contribution in [0.2, 0.25) is 10.0 Å². The second-order valence-electron chi connectivity index (χ2n) is 12.2. The third kappa shape index (κ3) is 6.12. The molecule has 1 saturated heterocycles. The van der Waals surface area contributed by atoms with Crippen LogP contribution in [0, 0.1) is 26.0 Å². The van der Waals surface area contributed by atoms with E-state index < -0.39 is 74.5 Å². The second-order valence-corrected chi connectivity index (χ2v) is 13.0. The van der Waals surface area contributed by atoms with Crippen LogP contribution in [0.4, 0.5) is 15.8 Å². The SMILES string of the molecule is CCOc1cccc(CN2[C@@H](CC(=O)c3ccc(C(=O)OC)cc3[N+](=O)[O-])C([N+](=O)[O-])[C@H](c3cccc(Cl)c3F)[C@]23C(=O)Nc2cc(Cl)ccc23)c1. The van der Waals surface area contributed by atoms with Crippen LogP contribution >= 0.6 is 23.2 Å². The van der Waals surface area contributed by atoms with Gasteiger partial charge in [0.2, 0.25) is 6.04 Å². The number of ether oxygens (including phenoxy) is 2. The quantitative estimate of drug-likeness (QED) is 0.0731. The number of nitrogens with zero attached hydrogens (tertiary/aromatic N) is 3. The lowest BCUT2D eigenvalue weighted by Gasteiger charge is -2.38. The first-order valence-electron chi connectivity index (χ1n) is 15.9. The van der Waals surface area contributed by atoms with E-state index in [1.54, 1.807) is 31.2 Å². The molecule has 4 atom stereocenters. The summed E-state index contributed by atoms with van der Waals surface area (Å²) in [5.41, 5.74) is -2.65. The molecule has 0 aromatic heterocycles. The van der Waals surface area contributed by atoms with Gasteiger partial charge in [-0.1, -0.05) is 53.5 Å². The number of carbonyl (C=O) groups excluding carboxylic acids is 3. The Bertz CT molecular complexity index is 2150. The van der Waals surface area contributed by atoms with Gasteiger partial charge in [0.05, 0.1) is 46.7 Å². The molecule has 1 unspecified atom stereocenters. The highest BCUT2D eigenvalue weighted by atomic mass is 35.5. The highest BCUT2D eigenvalue weighted by Crippen LogP contribution is 2.59. The number of nitro benzene ring substituents is 1. The van der Waals surface area contributed by atoms with Crippen molar-refractivity contribution in [1.82, 2.24) is 4.90 Å². The second kappa shape index (κ2) is 14.3. The Labute approximate surface area is 305 Å². The number of amides is 1. The Kier molecular flexibility index (Phi) is 9.99. The highest BCUT2D eigenvalue weighted by molar-refractivity contribution is 6.31. The molecule has 4 aromatic carbocycles. The van der Waals surface area contributed by atoms with Crippen molar-refractivity contribution in [2.75, 3.05) is 19.0 Å². The van der Waals surface area contributed by atoms with E-state index in [1.165, 1.54) is 47.4 Å². The number of esters is 1. The number of hydrogen-bond acceptors (Lipinski definition) is 10. The standard InChI is InChI=1S/C36H29Cl2FN4O9/c1-3-52-22-7-4-6-19(14-22)18-41-29(17-30(44)23-12-10-20(34(45)51-2)15-28(23)42(47)48)33(43(49)50)31(24-8-5-9-26(38)32(24)39)36(41)25-13-11-21(37)16-27(25)40-35(36)46/h4-16,29,31,33H,3,17-18H2,1-2H3,(H,40,46)/t29-,31-,33?,36+/m0/s1. The smallest absolute Gasteiger partial charge is 0.338 e. The van der Waals surface area contributed by atoms with Gasteiger partial charge in [-0.05, 0) is 55.0 Å². The number of anilines is 1. The normalized spacial score (nSPS) is 20.7. The summed E-state index contributed by atoms with van der Waals surface area (Å²) in [6.07, 6.45) is -0.730. The number of nitro groups is 2. The van der Waals surface area contributed by atoms with Crippen LogP contribution in [0.15, 0.2) is 78.9 Å². The van der Waals surface area contributed by atoms with E-state index in [0.717, 1.165) is 19.2 Å². The van der Waals surface area contributed by atoms with Crippen molar-refractivity contribution in [2.45, 2.75) is 43.4 Å². The average Bonchev–Trinajstić information content (AvgIpc) is 3.55. The van der Waals surface area contributed by atoms with Crippen molar-refractivity contribution in [3.8, 4) is 5.75 Å². The lowest BCUT2D eigenvalue weighted by molar-refractivity contribution is -0.528. The van der Waals surface area contributed by atoms with Gasteiger partial charge in [-0.3, -0.25) is 34.7 Å². The molecule has 1 fully saturated rings. The first kappa shape index (κ1) is 36.4. The van der Waals surface area contributed by atoms with Crippen molar-refractivity contribution in [2.24, 2.45) is 0 Å². The Hall–Kier alpha value is -5.44. The molecular weight excluding hydrogens is 722 g/mol. The first-order chi connectivity index (χ1) is 24.8. The number of likely N-dealkylation sites (tertiary alicyclic amines) is 1. The molecule has 13 nitrogen and oxygen atoms in total. The number of benzene rings is 4. The van der Waals surface area contributed by atoms with Gasteiger partial charge in [-0.25, -0.2) is 9.18 Å². The van der Waals surface area contributed by atoms with Crippen molar-refractivity contribution >= 4 is 52.2 Å². The minimum atomic E-state index is -2.03. The van der Waals surface area contributed by atoms with Crippen LogP contribution < -0.4 is 10.1 Å². The Morgan fingerprint density at radius 3 is 2.46 bits per heavy atom. The largest absolute Gasteiger partial charge is 0.494 e. The molecule has 0 saturated carbocycles. The number of methoxy groups -OCH3 is 1. The fourth-order valence-electron chi connectivity index (χ4n) is 7.44. The molecular formula is C36H29Cl2FN4O9. The van der Waals surface area contributed by atoms with Crippen molar-refractivity contribution in [3.05, 3.63) is 143 Å². The molecule has 0 bridgehead atoms. The Morgan fingerprint density at radius 2 is 1.77 bits per heavy atom. The van der Waals surface area contributed by atoms with E-state index in [4.69, 9.17) is 27.9 Å². The zero-order valence-corrected chi connectivity index (χ0v) is 29.0. The highest BCUT2D eigenvalue weighted by Gasteiger charge is 2.71. The molecule has 16 heteroatoms. The molecule has 2 heterocycles. The van der Waals surface area contributed by atoms with Gasteiger partial charge in [0.15, 0.2) is 5.78 Å². The first-order valence-corrected chi connectivity index (χ1v) is 16.7. The summed E-state index contributed by atoms with van der Waals surface area (Å²) in [7, 11) is 1.09. The number of fused-ring (bicyclic) bond motifs is 2. The summed E-state index contributed by atoms with van der Waals surface area (Å²) in [5, 5.41) is 28.2. The Morgan fingerprint density at radius 1 is 1.02 bits per heavy atom. The zero-order valence-electron chi connectivity index (χ0n) is 27.5. The van der Waals surface area contributed by atoms with Gasteiger partial charge in [0.25, 0.3) is 11.6 Å². The number of hydrogen-bond donors (Lipinski definition) is 1. The van der Waals surface area contributed by atoms with Crippen LogP contribution in [0.3, 0.4) is 0 Å². The number of halogens is 3. The number of ketones is 1. The fraction of sp³-hybridized carbons (Fsp3) is 0.250. The van der Waals surface area contributed by atoms with Gasteiger partial charge >= 0.3 is 5.97 Å². The van der Waals surface area contributed by atoms with E-state index in [0.29, 0.717) is 17.9 Å². The molecule has 2 aliphatic rings. The molecule has 6 rings (SSSR count). The molecule has 0 aliphatic carbocycles. The van der Waals surface area contributed by atoms with Crippen LogP contribution in [-0.4, -0.2) is 58.2 Å². The third-order valence-electron chi connectivity index (χ3n) is 9.46. The summed E-state index contributed by atoms with van der Waals surface area (Å²) >= 11 is 12.5. The number of nitrogens with one attached hydrogen (secondary N) is 1. The van der Waals surface area contributed by atoms with Gasteiger partial charge in [-0.2, -0.15) is 0 Å². The maximum absolute atomic E-state index is 16.2. The maximum atomic E-state index is 16.2. The summed E-state index contributed by atoms with van der Waals surface area (Å²) in [5.74, 6) is -4.64. The van der Waals surface area contributed by atoms with Crippen molar-refractivity contribution in [1.29, 1.82) is 0 Å². The van der Waals surface area contributed by atoms with E-state index in [9.17, 15) is 34.6 Å². The fourth-order valence-corrected chi connectivity index (χ4v) is 7.80. The van der Waals surface area contributed by atoms with Gasteiger partial charge in [0, 0.05) is 45.8 Å². The molecule has 1 amide bonds. The molecule has 52 heavy (non-hydrogen) atoms. The predicted octanol–water partition coefficient (Wildman–Crippen LogP) is 6.96. The lowest BCUT2D eigenvalue weighted by atomic mass is 9.73. The summed E-state index contributed by atoms with van der Waals surface area (Å²) in [6, 6.07) is 15.0. The van der Waals surface area contributed by atoms with E-state index >= 15 is 4.39 Å². The zero-order chi connectivity index (χ0) is 37.5. The van der Waals surface area contributed by atoms with E-state index in [2.05, 4.69) is 10.1 Å². The predicted molar refractivity (Wildman–Crippen MR) is 187 cm³/mol. The number of carbonyl (C=O) groups is 3. The van der Waals surface area contributed by atoms with Gasteiger partial charge in [0.1, 0.15) is 17.1 Å². The Balaban J connectivity index is 1.61. The summed E-state index contributed by atoms with van der Waals surface area (Å²) in [4.78, 5) is 66.5. The van der Waals surface area contributed by atoms with Crippen LogP contribution in [-0.2, 0) is 21.6 Å². The summed E-state index contributed by atoms with van der Waals surface area (Å²) in [6.45, 7) is 1.93. The molecule has 1 spiro atoms. The monoisotopic (exact) mass is 750 g/mol. The molecule has 2 aliphatic heterocycles. The van der Waals surface area contributed by atoms with Crippen molar-refractivity contribution in [3.63, 3.8) is 0 Å². The molecule has 4 aromatic rings. The van der Waals surface area contributed by atoms with Crippen molar-refractivity contribution < 1.29 is 38.1 Å². The molecule has 1 N–H and O–H groups in total. The lowest BCUT2D eigenvalue weighted by Crippen LogP contribution is -2.52. The van der Waals surface area contributed by atoms with Crippen LogP contribution in [0.1, 0.15) is 56.7 Å². The number of rotatable bonds is 11. The third-order valence-corrected chi connectivity index (χ3v) is 9.99. The van der Waals surface area contributed by atoms with Gasteiger partial charge in [-0.15, -0.1) is 0 Å².